The van der Waals surface area contributed by atoms with Gasteiger partial charge >= 0.3 is 0 Å². The molecule has 0 radical (unpaired) electrons. The zero-order chi connectivity index (χ0) is 18.8. The van der Waals surface area contributed by atoms with Gasteiger partial charge in [-0.3, -0.25) is 9.59 Å². The van der Waals surface area contributed by atoms with Gasteiger partial charge in [-0.15, -0.1) is 0 Å². The van der Waals surface area contributed by atoms with Crippen LogP contribution in [0.5, 0.6) is 0 Å². The first-order chi connectivity index (χ1) is 13.1. The molecular formula is C21H19N3O2S. The summed E-state index contributed by atoms with van der Waals surface area (Å²) in [5, 5.41) is 2.72. The number of fused-ring (bicyclic) bond motifs is 2. The van der Waals surface area contributed by atoms with Crippen LogP contribution in [0.3, 0.4) is 0 Å². The van der Waals surface area contributed by atoms with E-state index in [0.29, 0.717) is 6.54 Å². The molecule has 2 heterocycles. The lowest BCUT2D eigenvalue weighted by Crippen LogP contribution is -2.27. The number of aryl methyl sites for hydroxylation is 1. The average molecular weight is 377 g/mol. The number of aromatic amines is 1. The van der Waals surface area contributed by atoms with Crippen molar-refractivity contribution in [3.05, 3.63) is 76.7 Å². The van der Waals surface area contributed by atoms with E-state index in [0.717, 1.165) is 16.9 Å². The van der Waals surface area contributed by atoms with Crippen LogP contribution in [0.1, 0.15) is 12.0 Å². The summed E-state index contributed by atoms with van der Waals surface area (Å²) in [5.41, 5.74) is 3.08. The summed E-state index contributed by atoms with van der Waals surface area (Å²) in [5.74, 6) is -0.181. The second-order valence-electron chi connectivity index (χ2n) is 6.41. The highest BCUT2D eigenvalue weighted by Crippen LogP contribution is 2.47. The summed E-state index contributed by atoms with van der Waals surface area (Å²) in [7, 11) is 0. The van der Waals surface area contributed by atoms with Gasteiger partial charge in [-0.05, 0) is 42.8 Å². The largest absolute Gasteiger partial charge is 0.339 e. The average Bonchev–Trinajstić information content (AvgIpc) is 2.68. The maximum Gasteiger partial charge on any atom is 0.271 e. The number of hydrogen-bond acceptors (Lipinski definition) is 4. The van der Waals surface area contributed by atoms with Crippen LogP contribution < -0.4 is 15.8 Å². The van der Waals surface area contributed by atoms with Crippen LogP contribution in [0.25, 0.3) is 0 Å². The third-order valence-electron chi connectivity index (χ3n) is 4.42. The van der Waals surface area contributed by atoms with Crippen LogP contribution in [-0.4, -0.2) is 17.4 Å². The normalized spacial score (nSPS) is 12.3. The van der Waals surface area contributed by atoms with E-state index in [2.05, 4.69) is 39.5 Å². The number of nitrogens with zero attached hydrogens (tertiary/aromatic N) is 1. The molecule has 0 spiro atoms. The van der Waals surface area contributed by atoms with Crippen molar-refractivity contribution in [1.29, 1.82) is 0 Å². The Morgan fingerprint density at radius 2 is 1.70 bits per heavy atom. The molecule has 0 bridgehead atoms. The predicted octanol–water partition coefficient (Wildman–Crippen LogP) is 4.31. The van der Waals surface area contributed by atoms with Crippen LogP contribution in [0.2, 0.25) is 0 Å². The molecule has 1 aromatic heterocycles. The number of carbonyl (C=O) groups is 1. The fourth-order valence-corrected chi connectivity index (χ4v) is 4.23. The Bertz CT molecular complexity index is 1020. The number of aromatic nitrogens is 1. The molecule has 0 saturated carbocycles. The van der Waals surface area contributed by atoms with E-state index in [9.17, 15) is 9.59 Å². The van der Waals surface area contributed by atoms with Crippen LogP contribution in [-0.2, 0) is 4.79 Å². The lowest BCUT2D eigenvalue weighted by atomic mass is 10.2. The summed E-state index contributed by atoms with van der Waals surface area (Å²) in [6.07, 6.45) is 1.90. The van der Waals surface area contributed by atoms with Crippen molar-refractivity contribution in [2.45, 2.75) is 23.1 Å². The molecule has 5 nitrogen and oxygen atoms in total. The van der Waals surface area contributed by atoms with Crippen molar-refractivity contribution in [3.63, 3.8) is 0 Å². The summed E-state index contributed by atoms with van der Waals surface area (Å²) in [4.78, 5) is 31.4. The van der Waals surface area contributed by atoms with Crippen LogP contribution in [0.15, 0.2) is 75.4 Å². The number of pyridine rings is 1. The third-order valence-corrected chi connectivity index (χ3v) is 5.55. The molecule has 0 fully saturated rings. The third kappa shape index (κ3) is 3.61. The van der Waals surface area contributed by atoms with Crippen LogP contribution in [0, 0.1) is 6.92 Å². The molecule has 27 heavy (non-hydrogen) atoms. The molecule has 1 aliphatic rings. The molecule has 0 saturated heterocycles. The molecular weight excluding hydrogens is 358 g/mol. The van der Waals surface area contributed by atoms with E-state index < -0.39 is 0 Å². The Balaban J connectivity index is 1.54. The van der Waals surface area contributed by atoms with Crippen molar-refractivity contribution >= 4 is 34.7 Å². The van der Waals surface area contributed by atoms with Crippen LogP contribution >= 0.6 is 11.8 Å². The monoisotopic (exact) mass is 377 g/mol. The van der Waals surface area contributed by atoms with E-state index in [4.69, 9.17) is 0 Å². The standard InChI is InChI=1S/C21H19N3O2S/c1-14-12-15(21(26)22-13-14)23-20(25)10-11-24-16-6-2-4-8-18(16)27-19-9-5-3-7-17(19)24/h2-9,12-13H,10-11H2,1H3,(H,22,26)(H,23,25). The number of nitrogens with one attached hydrogen (secondary N) is 2. The van der Waals surface area contributed by atoms with E-state index in [1.165, 1.54) is 9.79 Å². The summed E-state index contributed by atoms with van der Waals surface area (Å²) in [6.45, 7) is 2.40. The van der Waals surface area contributed by atoms with Crippen LogP contribution in [0.4, 0.5) is 17.1 Å². The minimum Gasteiger partial charge on any atom is -0.339 e. The van der Waals surface area contributed by atoms with Gasteiger partial charge in [0.1, 0.15) is 5.69 Å². The first-order valence-corrected chi connectivity index (χ1v) is 9.56. The van der Waals surface area contributed by atoms with E-state index >= 15 is 0 Å². The fourth-order valence-electron chi connectivity index (χ4n) is 3.13. The Morgan fingerprint density at radius 3 is 2.37 bits per heavy atom. The molecule has 1 amide bonds. The van der Waals surface area contributed by atoms with Crippen molar-refractivity contribution in [2.75, 3.05) is 16.8 Å². The molecule has 3 aromatic rings. The SMILES string of the molecule is Cc1c[nH]c(=O)c(NC(=O)CCN2c3ccccc3Sc3ccccc32)c1. The van der Waals surface area contributed by atoms with Crippen molar-refractivity contribution in [2.24, 2.45) is 0 Å². The number of hydrogen-bond donors (Lipinski definition) is 2. The van der Waals surface area contributed by atoms with Gasteiger partial charge in [-0.25, -0.2) is 0 Å². The number of para-hydroxylation sites is 2. The van der Waals surface area contributed by atoms with Gasteiger partial charge in [0.25, 0.3) is 5.56 Å². The molecule has 0 atom stereocenters. The zero-order valence-electron chi connectivity index (χ0n) is 14.9. The molecule has 2 aromatic carbocycles. The Hall–Kier alpha value is -2.99. The van der Waals surface area contributed by atoms with E-state index in [1.807, 2.05) is 31.2 Å². The van der Waals surface area contributed by atoms with Gasteiger partial charge in [0.2, 0.25) is 5.91 Å². The number of rotatable bonds is 4. The maximum absolute atomic E-state index is 12.4. The lowest BCUT2D eigenvalue weighted by molar-refractivity contribution is -0.116. The Morgan fingerprint density at radius 1 is 1.07 bits per heavy atom. The van der Waals surface area contributed by atoms with Gasteiger partial charge in [0.05, 0.1) is 11.4 Å². The molecule has 6 heteroatoms. The second kappa shape index (κ2) is 7.32. The predicted molar refractivity (Wildman–Crippen MR) is 109 cm³/mol. The van der Waals surface area contributed by atoms with Gasteiger partial charge in [0, 0.05) is 29.0 Å². The van der Waals surface area contributed by atoms with Crippen molar-refractivity contribution in [1.82, 2.24) is 4.98 Å². The van der Waals surface area contributed by atoms with Crippen molar-refractivity contribution < 1.29 is 4.79 Å². The van der Waals surface area contributed by atoms with E-state index in [1.54, 1.807) is 24.0 Å². The topological polar surface area (TPSA) is 65.2 Å². The first kappa shape index (κ1) is 17.4. The molecule has 0 unspecified atom stereocenters. The molecule has 136 valence electrons. The molecule has 0 aliphatic carbocycles. The molecule has 1 aliphatic heterocycles. The number of carbonyl (C=O) groups excluding carboxylic acids is 1. The molecule has 4 rings (SSSR count). The van der Waals surface area contributed by atoms with E-state index in [-0.39, 0.29) is 23.6 Å². The first-order valence-electron chi connectivity index (χ1n) is 8.74. The number of amides is 1. The van der Waals surface area contributed by atoms with Gasteiger partial charge in [0.15, 0.2) is 0 Å². The minimum atomic E-state index is -0.293. The van der Waals surface area contributed by atoms with Crippen molar-refractivity contribution in [3.8, 4) is 0 Å². The highest BCUT2D eigenvalue weighted by molar-refractivity contribution is 7.99. The number of benzene rings is 2. The second-order valence-corrected chi connectivity index (χ2v) is 7.49. The lowest BCUT2D eigenvalue weighted by Gasteiger charge is -2.32. The smallest absolute Gasteiger partial charge is 0.271 e. The van der Waals surface area contributed by atoms with Gasteiger partial charge in [-0.2, -0.15) is 0 Å². The molecule has 2 N–H and O–H groups in total. The summed E-state index contributed by atoms with van der Waals surface area (Å²) < 4.78 is 0. The Labute approximate surface area is 161 Å². The summed E-state index contributed by atoms with van der Waals surface area (Å²) in [6, 6.07) is 18.1. The maximum atomic E-state index is 12.4. The zero-order valence-corrected chi connectivity index (χ0v) is 15.7. The Kier molecular flexibility index (Phi) is 4.73. The highest BCUT2D eigenvalue weighted by Gasteiger charge is 2.23. The number of H-pyrrole nitrogens is 1. The minimum absolute atomic E-state index is 0.181. The number of anilines is 3. The van der Waals surface area contributed by atoms with Gasteiger partial charge in [-0.1, -0.05) is 36.0 Å². The quantitative estimate of drug-likeness (QED) is 0.711. The summed E-state index contributed by atoms with van der Waals surface area (Å²) >= 11 is 1.74. The van der Waals surface area contributed by atoms with Gasteiger partial charge < -0.3 is 15.2 Å². The highest BCUT2D eigenvalue weighted by atomic mass is 32.2. The fraction of sp³-hybridized carbons (Fsp3) is 0.143.